The molecule has 0 spiro atoms. The van der Waals surface area contributed by atoms with Crippen LogP contribution in [0.3, 0.4) is 0 Å². The van der Waals surface area contributed by atoms with Crippen LogP contribution in [-0.2, 0) is 6.42 Å². The summed E-state index contributed by atoms with van der Waals surface area (Å²) in [5.74, 6) is 2.06. The summed E-state index contributed by atoms with van der Waals surface area (Å²) in [4.78, 5) is 16.4. The summed E-state index contributed by atoms with van der Waals surface area (Å²) in [6.45, 7) is 4.31. The maximum atomic E-state index is 11.9. The maximum Gasteiger partial charge on any atom is 0.271 e. The zero-order valence-corrected chi connectivity index (χ0v) is 10.2. The average Bonchev–Trinajstić information content (AvgIpc) is 2.98. The predicted molar refractivity (Wildman–Crippen MR) is 66.3 cm³/mol. The van der Waals surface area contributed by atoms with Gasteiger partial charge in [-0.25, -0.2) is 9.50 Å². The van der Waals surface area contributed by atoms with Gasteiger partial charge in [-0.3, -0.25) is 9.89 Å². The van der Waals surface area contributed by atoms with Crippen molar-refractivity contribution in [2.45, 2.75) is 39.0 Å². The van der Waals surface area contributed by atoms with Gasteiger partial charge in [-0.15, -0.1) is 0 Å². The molecule has 0 radical (unpaired) electrons. The topological polar surface area (TPSA) is 50.2 Å². The van der Waals surface area contributed by atoms with Crippen LogP contribution in [0.25, 0.3) is 5.65 Å². The van der Waals surface area contributed by atoms with E-state index in [0.29, 0.717) is 11.8 Å². The van der Waals surface area contributed by atoms with Gasteiger partial charge in [0.2, 0.25) is 0 Å². The van der Waals surface area contributed by atoms with Gasteiger partial charge >= 0.3 is 0 Å². The van der Waals surface area contributed by atoms with Crippen molar-refractivity contribution in [3.8, 4) is 0 Å². The van der Waals surface area contributed by atoms with Crippen LogP contribution in [0.5, 0.6) is 0 Å². The van der Waals surface area contributed by atoms with Crippen LogP contribution in [0.2, 0.25) is 0 Å². The van der Waals surface area contributed by atoms with Gasteiger partial charge in [0.1, 0.15) is 5.82 Å². The summed E-state index contributed by atoms with van der Waals surface area (Å²) < 4.78 is 1.55. The number of rotatable bonds is 3. The van der Waals surface area contributed by atoms with Crippen molar-refractivity contribution in [1.29, 1.82) is 0 Å². The lowest BCUT2D eigenvalue weighted by molar-refractivity contribution is 0.646. The van der Waals surface area contributed by atoms with Crippen molar-refractivity contribution in [1.82, 2.24) is 14.6 Å². The van der Waals surface area contributed by atoms with Crippen molar-refractivity contribution in [3.63, 3.8) is 0 Å². The molecule has 0 bridgehead atoms. The van der Waals surface area contributed by atoms with E-state index in [1.807, 2.05) is 6.07 Å². The van der Waals surface area contributed by atoms with E-state index in [1.54, 1.807) is 10.6 Å². The number of fused-ring (bicyclic) bond motifs is 1. The van der Waals surface area contributed by atoms with Crippen molar-refractivity contribution in [2.24, 2.45) is 5.92 Å². The Bertz CT molecular complexity index is 605. The van der Waals surface area contributed by atoms with Gasteiger partial charge in [0.15, 0.2) is 5.65 Å². The average molecular weight is 231 g/mol. The first-order valence-electron chi connectivity index (χ1n) is 6.25. The molecule has 0 aromatic carbocycles. The van der Waals surface area contributed by atoms with Crippen molar-refractivity contribution in [3.05, 3.63) is 33.9 Å². The van der Waals surface area contributed by atoms with Crippen LogP contribution in [-0.4, -0.2) is 14.6 Å². The minimum atomic E-state index is -0.00227. The standard InChI is InChI=1S/C13H17N3O/c1-8(2)5-9-6-11-14-13(10-3-4-10)15-16(11)12(17)7-9/h6-8,10H,3-5H2,1-2H3,(H,14,15). The predicted octanol–water partition coefficient (Wildman–Crippen LogP) is 2.10. The number of hydrogen-bond acceptors (Lipinski definition) is 2. The highest BCUT2D eigenvalue weighted by molar-refractivity contribution is 5.41. The third-order valence-corrected chi connectivity index (χ3v) is 3.14. The Labute approximate surface area is 99.7 Å². The SMILES string of the molecule is CC(C)Cc1cc(=O)n2[nH]c(C3CC3)nc2c1. The Morgan fingerprint density at radius 3 is 2.88 bits per heavy atom. The highest BCUT2D eigenvalue weighted by Crippen LogP contribution is 2.37. The molecule has 0 saturated heterocycles. The molecular formula is C13H17N3O. The van der Waals surface area contributed by atoms with Gasteiger partial charge < -0.3 is 0 Å². The van der Waals surface area contributed by atoms with E-state index in [2.05, 4.69) is 23.9 Å². The molecule has 90 valence electrons. The van der Waals surface area contributed by atoms with Gasteiger partial charge in [0.05, 0.1) is 0 Å². The normalized spacial score (nSPS) is 15.9. The fourth-order valence-electron chi connectivity index (χ4n) is 2.19. The number of nitrogens with zero attached hydrogens (tertiary/aromatic N) is 2. The number of hydrogen-bond donors (Lipinski definition) is 1. The van der Waals surface area contributed by atoms with Crippen molar-refractivity contribution < 1.29 is 0 Å². The molecule has 2 aromatic heterocycles. The lowest BCUT2D eigenvalue weighted by Crippen LogP contribution is -2.14. The summed E-state index contributed by atoms with van der Waals surface area (Å²) in [6.07, 6.45) is 3.30. The summed E-state index contributed by atoms with van der Waals surface area (Å²) in [7, 11) is 0. The molecule has 1 aliphatic rings. The highest BCUT2D eigenvalue weighted by Gasteiger charge is 2.27. The molecule has 4 heteroatoms. The molecule has 1 aliphatic carbocycles. The molecule has 0 aliphatic heterocycles. The molecule has 0 unspecified atom stereocenters. The summed E-state index contributed by atoms with van der Waals surface area (Å²) >= 11 is 0. The number of aromatic amines is 1. The minimum absolute atomic E-state index is 0.00227. The molecule has 0 atom stereocenters. The fraction of sp³-hybridized carbons (Fsp3) is 0.538. The second kappa shape index (κ2) is 3.72. The van der Waals surface area contributed by atoms with Gasteiger partial charge in [0, 0.05) is 12.0 Å². The molecule has 4 nitrogen and oxygen atoms in total. The minimum Gasteiger partial charge on any atom is -0.276 e. The third-order valence-electron chi connectivity index (χ3n) is 3.14. The molecule has 0 amide bonds. The van der Waals surface area contributed by atoms with Crippen LogP contribution in [0.1, 0.15) is 44.0 Å². The maximum absolute atomic E-state index is 11.9. The molecule has 1 fully saturated rings. The lowest BCUT2D eigenvalue weighted by atomic mass is 10.0. The van der Waals surface area contributed by atoms with E-state index in [-0.39, 0.29) is 5.56 Å². The van der Waals surface area contributed by atoms with Crippen molar-refractivity contribution >= 4 is 5.65 Å². The Morgan fingerprint density at radius 1 is 1.47 bits per heavy atom. The van der Waals surface area contributed by atoms with Crippen LogP contribution in [0.4, 0.5) is 0 Å². The van der Waals surface area contributed by atoms with Crippen molar-refractivity contribution in [2.75, 3.05) is 0 Å². The van der Waals surface area contributed by atoms with Gasteiger partial charge in [-0.2, -0.15) is 0 Å². The zero-order valence-electron chi connectivity index (χ0n) is 10.2. The zero-order chi connectivity index (χ0) is 12.0. The van der Waals surface area contributed by atoms with Gasteiger partial charge in [-0.05, 0) is 36.8 Å². The molecule has 1 saturated carbocycles. The van der Waals surface area contributed by atoms with E-state index >= 15 is 0 Å². The highest BCUT2D eigenvalue weighted by atomic mass is 16.1. The second-order valence-corrected chi connectivity index (χ2v) is 5.38. The molecule has 17 heavy (non-hydrogen) atoms. The summed E-state index contributed by atoms with van der Waals surface area (Å²) in [5.41, 5.74) is 1.84. The van der Waals surface area contributed by atoms with Crippen LogP contribution in [0, 0.1) is 5.92 Å². The first-order chi connectivity index (χ1) is 8.13. The van der Waals surface area contributed by atoms with Crippen LogP contribution in [0.15, 0.2) is 16.9 Å². The largest absolute Gasteiger partial charge is 0.276 e. The Kier molecular flexibility index (Phi) is 2.31. The first kappa shape index (κ1) is 10.6. The number of aromatic nitrogens is 3. The van der Waals surface area contributed by atoms with E-state index in [1.165, 1.54) is 12.8 Å². The molecule has 2 aromatic rings. The Morgan fingerprint density at radius 2 is 2.24 bits per heavy atom. The Balaban J connectivity index is 2.08. The summed E-state index contributed by atoms with van der Waals surface area (Å²) in [6, 6.07) is 3.73. The number of H-pyrrole nitrogens is 1. The molecule has 3 rings (SSSR count). The Hall–Kier alpha value is -1.58. The quantitative estimate of drug-likeness (QED) is 0.879. The molecular weight excluding hydrogens is 214 g/mol. The fourth-order valence-corrected chi connectivity index (χ4v) is 2.19. The first-order valence-corrected chi connectivity index (χ1v) is 6.25. The third kappa shape index (κ3) is 1.99. The lowest BCUT2D eigenvalue weighted by Gasteiger charge is -2.03. The van der Waals surface area contributed by atoms with E-state index in [9.17, 15) is 4.79 Å². The summed E-state index contributed by atoms with van der Waals surface area (Å²) in [5, 5.41) is 3.10. The van der Waals surface area contributed by atoms with Crippen LogP contribution < -0.4 is 5.56 Å². The second-order valence-electron chi connectivity index (χ2n) is 5.38. The van der Waals surface area contributed by atoms with E-state index < -0.39 is 0 Å². The van der Waals surface area contributed by atoms with Gasteiger partial charge in [0.25, 0.3) is 5.56 Å². The molecule has 1 N–H and O–H groups in total. The smallest absolute Gasteiger partial charge is 0.271 e. The molecule has 2 heterocycles. The number of nitrogens with one attached hydrogen (secondary N) is 1. The van der Waals surface area contributed by atoms with E-state index in [0.717, 1.165) is 23.5 Å². The van der Waals surface area contributed by atoms with E-state index in [4.69, 9.17) is 0 Å². The van der Waals surface area contributed by atoms with Crippen LogP contribution >= 0.6 is 0 Å². The van der Waals surface area contributed by atoms with Gasteiger partial charge in [-0.1, -0.05) is 13.8 Å². The number of pyridine rings is 1. The monoisotopic (exact) mass is 231 g/mol.